The maximum absolute atomic E-state index is 13.0. The van der Waals surface area contributed by atoms with E-state index in [2.05, 4.69) is 26.8 Å². The molecule has 1 saturated heterocycles. The maximum Gasteiger partial charge on any atom is 0.263 e. The Balaban J connectivity index is 1.36. The molecule has 0 aliphatic carbocycles. The Kier molecular flexibility index (Phi) is 7.05. The molecule has 1 aliphatic heterocycles. The van der Waals surface area contributed by atoms with Crippen LogP contribution in [0.2, 0.25) is 5.02 Å². The molecule has 190 valence electrons. The second kappa shape index (κ2) is 10.6. The number of fused-ring (bicyclic) bond motifs is 1. The number of rotatable bonds is 7. The van der Waals surface area contributed by atoms with E-state index in [-0.39, 0.29) is 23.1 Å². The molecule has 37 heavy (non-hydrogen) atoms. The van der Waals surface area contributed by atoms with Gasteiger partial charge in [0, 0.05) is 30.5 Å². The number of benzene rings is 2. The lowest BCUT2D eigenvalue weighted by Gasteiger charge is -2.31. The van der Waals surface area contributed by atoms with Crippen LogP contribution in [0.3, 0.4) is 0 Å². The van der Waals surface area contributed by atoms with Gasteiger partial charge in [-0.2, -0.15) is 0 Å². The Labute approximate surface area is 217 Å². The van der Waals surface area contributed by atoms with Crippen LogP contribution in [0.5, 0.6) is 11.5 Å². The molecular weight excluding hydrogens is 500 g/mol. The van der Waals surface area contributed by atoms with Gasteiger partial charge in [-0.25, -0.2) is 18.7 Å². The molecule has 1 fully saturated rings. The molecule has 2 aromatic carbocycles. The van der Waals surface area contributed by atoms with Crippen LogP contribution in [0.4, 0.5) is 20.3 Å². The topological polar surface area (TPSA) is 83.1 Å². The van der Waals surface area contributed by atoms with E-state index in [1.165, 1.54) is 30.6 Å². The molecule has 2 N–H and O–H groups in total. The number of aromatic amines is 1. The number of likely N-dealkylation sites (tertiary alicyclic amines) is 1. The van der Waals surface area contributed by atoms with E-state index < -0.39 is 6.43 Å². The van der Waals surface area contributed by atoms with Crippen molar-refractivity contribution >= 4 is 40.0 Å². The zero-order valence-corrected chi connectivity index (χ0v) is 20.5. The number of ether oxygens (including phenoxy) is 1. The van der Waals surface area contributed by atoms with Gasteiger partial charge in [-0.05, 0) is 60.7 Å². The van der Waals surface area contributed by atoms with E-state index in [9.17, 15) is 13.6 Å². The van der Waals surface area contributed by atoms with Crippen LogP contribution in [0, 0.1) is 0 Å². The van der Waals surface area contributed by atoms with Crippen LogP contribution in [-0.2, 0) is 4.79 Å². The van der Waals surface area contributed by atoms with Gasteiger partial charge in [0.1, 0.15) is 29.3 Å². The summed E-state index contributed by atoms with van der Waals surface area (Å²) in [6.45, 7) is 4.90. The van der Waals surface area contributed by atoms with Crippen LogP contribution >= 0.6 is 11.6 Å². The highest BCUT2D eigenvalue weighted by molar-refractivity contribution is 6.32. The molecule has 2 aromatic heterocycles. The van der Waals surface area contributed by atoms with E-state index in [1.54, 1.807) is 24.3 Å². The SMILES string of the molecule is C=CC(=O)N1CCC(c2c[nH]c3ncnc(Nc4ccc(Oc5cccc(C(F)F)c5)c(Cl)c4)c23)CC1. The van der Waals surface area contributed by atoms with Crippen molar-refractivity contribution in [2.24, 2.45) is 0 Å². The van der Waals surface area contributed by atoms with Crippen molar-refractivity contribution in [1.82, 2.24) is 19.9 Å². The van der Waals surface area contributed by atoms with Crippen molar-refractivity contribution in [3.63, 3.8) is 0 Å². The number of nitrogens with one attached hydrogen (secondary N) is 2. The lowest BCUT2D eigenvalue weighted by Crippen LogP contribution is -2.36. The van der Waals surface area contributed by atoms with E-state index in [4.69, 9.17) is 16.3 Å². The molecule has 10 heteroatoms. The number of nitrogens with zero attached hydrogens (tertiary/aromatic N) is 3. The highest BCUT2D eigenvalue weighted by atomic mass is 35.5. The summed E-state index contributed by atoms with van der Waals surface area (Å²) >= 11 is 6.46. The zero-order chi connectivity index (χ0) is 25.9. The van der Waals surface area contributed by atoms with Gasteiger partial charge in [-0.1, -0.05) is 30.3 Å². The van der Waals surface area contributed by atoms with Crippen LogP contribution < -0.4 is 10.1 Å². The van der Waals surface area contributed by atoms with Crippen LogP contribution in [0.25, 0.3) is 11.0 Å². The molecular formula is C27H24ClF2N5O2. The van der Waals surface area contributed by atoms with E-state index in [0.29, 0.717) is 41.0 Å². The van der Waals surface area contributed by atoms with Crippen LogP contribution in [0.1, 0.15) is 36.3 Å². The largest absolute Gasteiger partial charge is 0.456 e. The van der Waals surface area contributed by atoms with Crippen LogP contribution in [-0.4, -0.2) is 38.8 Å². The summed E-state index contributed by atoms with van der Waals surface area (Å²) in [5.41, 5.74) is 2.35. The first-order valence-electron chi connectivity index (χ1n) is 11.8. The highest BCUT2D eigenvalue weighted by Gasteiger charge is 2.26. The molecule has 0 bridgehead atoms. The number of amides is 1. The van der Waals surface area contributed by atoms with Gasteiger partial charge in [0.2, 0.25) is 5.91 Å². The number of aromatic nitrogens is 3. The highest BCUT2D eigenvalue weighted by Crippen LogP contribution is 2.38. The molecule has 7 nitrogen and oxygen atoms in total. The molecule has 5 rings (SSSR count). The number of anilines is 2. The molecule has 0 saturated carbocycles. The van der Waals surface area contributed by atoms with E-state index in [1.807, 2.05) is 11.1 Å². The van der Waals surface area contributed by atoms with Crippen LogP contribution in [0.15, 0.2) is 67.6 Å². The monoisotopic (exact) mass is 523 g/mol. The molecule has 3 heterocycles. The lowest BCUT2D eigenvalue weighted by atomic mass is 9.89. The lowest BCUT2D eigenvalue weighted by molar-refractivity contribution is -0.127. The van der Waals surface area contributed by atoms with E-state index in [0.717, 1.165) is 23.8 Å². The number of carbonyl (C=O) groups excluding carboxylic acids is 1. The van der Waals surface area contributed by atoms with Crippen molar-refractivity contribution < 1.29 is 18.3 Å². The number of alkyl halides is 2. The third-order valence-electron chi connectivity index (χ3n) is 6.45. The number of halogens is 3. The summed E-state index contributed by atoms with van der Waals surface area (Å²) in [6, 6.07) is 10.9. The Hall–Kier alpha value is -3.98. The Bertz CT molecular complexity index is 1450. The number of carbonyl (C=O) groups is 1. The second-order valence-corrected chi connectivity index (χ2v) is 9.15. The predicted octanol–water partition coefficient (Wildman–Crippen LogP) is 6.98. The molecule has 0 radical (unpaired) electrons. The van der Waals surface area contributed by atoms with Crippen molar-refractivity contribution in [2.75, 3.05) is 18.4 Å². The van der Waals surface area contributed by atoms with Gasteiger partial charge in [-0.15, -0.1) is 0 Å². The number of piperidine rings is 1. The van der Waals surface area contributed by atoms with Gasteiger partial charge < -0.3 is 19.9 Å². The third-order valence-corrected chi connectivity index (χ3v) is 6.75. The van der Waals surface area contributed by atoms with Crippen molar-refractivity contribution in [2.45, 2.75) is 25.2 Å². The summed E-state index contributed by atoms with van der Waals surface area (Å²) in [5.74, 6) is 1.44. The third kappa shape index (κ3) is 5.27. The smallest absolute Gasteiger partial charge is 0.263 e. The summed E-state index contributed by atoms with van der Waals surface area (Å²) in [4.78, 5) is 25.8. The Morgan fingerprint density at radius 1 is 1.22 bits per heavy atom. The number of hydrogen-bond donors (Lipinski definition) is 2. The first kappa shape index (κ1) is 24.7. The Morgan fingerprint density at radius 2 is 2.03 bits per heavy atom. The molecule has 0 atom stereocenters. The summed E-state index contributed by atoms with van der Waals surface area (Å²) in [7, 11) is 0. The summed E-state index contributed by atoms with van der Waals surface area (Å²) < 4.78 is 31.7. The maximum atomic E-state index is 13.0. The molecule has 4 aromatic rings. The molecule has 0 spiro atoms. The quantitative estimate of drug-likeness (QED) is 0.255. The van der Waals surface area contributed by atoms with Gasteiger partial charge in [-0.3, -0.25) is 4.79 Å². The predicted molar refractivity (Wildman–Crippen MR) is 139 cm³/mol. The molecule has 1 aliphatic rings. The fourth-order valence-electron chi connectivity index (χ4n) is 4.58. The zero-order valence-electron chi connectivity index (χ0n) is 19.8. The molecule has 0 unspecified atom stereocenters. The number of hydrogen-bond acceptors (Lipinski definition) is 5. The first-order chi connectivity index (χ1) is 17.9. The Morgan fingerprint density at radius 3 is 2.76 bits per heavy atom. The van der Waals surface area contributed by atoms with E-state index >= 15 is 0 Å². The van der Waals surface area contributed by atoms with Crippen molar-refractivity contribution in [3.8, 4) is 11.5 Å². The van der Waals surface area contributed by atoms with Gasteiger partial charge >= 0.3 is 0 Å². The summed E-state index contributed by atoms with van der Waals surface area (Å²) in [5, 5.41) is 4.51. The normalized spacial score (nSPS) is 14.2. The summed E-state index contributed by atoms with van der Waals surface area (Å²) in [6.07, 6.45) is 3.85. The van der Waals surface area contributed by atoms with Gasteiger partial charge in [0.05, 0.1) is 10.4 Å². The van der Waals surface area contributed by atoms with Gasteiger partial charge in [0.25, 0.3) is 6.43 Å². The van der Waals surface area contributed by atoms with Crippen molar-refractivity contribution in [3.05, 3.63) is 83.8 Å². The first-order valence-corrected chi connectivity index (χ1v) is 12.2. The minimum atomic E-state index is -2.59. The second-order valence-electron chi connectivity index (χ2n) is 8.74. The minimum absolute atomic E-state index is 0.0471. The fraction of sp³-hybridized carbons (Fsp3) is 0.222. The average Bonchev–Trinajstić information content (AvgIpc) is 3.35. The van der Waals surface area contributed by atoms with Crippen molar-refractivity contribution in [1.29, 1.82) is 0 Å². The average molecular weight is 524 g/mol. The minimum Gasteiger partial charge on any atom is -0.456 e. The number of H-pyrrole nitrogens is 1. The molecule has 1 amide bonds. The standard InChI is InChI=1S/C27H24ClF2N5O2/c1-2-23(36)35-10-8-16(9-11-35)20-14-31-26-24(20)27(33-15-32-26)34-18-6-7-22(21(28)13-18)37-19-5-3-4-17(12-19)25(29)30/h2-7,12-16,25H,1,8-11H2,(H2,31,32,33,34). The fourth-order valence-corrected chi connectivity index (χ4v) is 4.80. The van der Waals surface area contributed by atoms with Gasteiger partial charge in [0.15, 0.2) is 0 Å².